The second kappa shape index (κ2) is 11.2. The molecule has 2 aromatic rings. The Morgan fingerprint density at radius 3 is 2.29 bits per heavy atom. The third-order valence-corrected chi connectivity index (χ3v) is 6.38. The van der Waals surface area contributed by atoms with Gasteiger partial charge in [0.1, 0.15) is 13.2 Å². The van der Waals surface area contributed by atoms with Gasteiger partial charge in [-0.3, -0.25) is 9.10 Å². The van der Waals surface area contributed by atoms with Gasteiger partial charge in [0.15, 0.2) is 23.0 Å². The van der Waals surface area contributed by atoms with Gasteiger partial charge in [0.2, 0.25) is 15.9 Å². The molecule has 0 saturated carbocycles. The van der Waals surface area contributed by atoms with Crippen LogP contribution in [0.3, 0.4) is 0 Å². The van der Waals surface area contributed by atoms with Gasteiger partial charge in [-0.1, -0.05) is 0 Å². The second-order valence-corrected chi connectivity index (χ2v) is 9.47. The minimum atomic E-state index is -3.63. The quantitative estimate of drug-likeness (QED) is 0.481. The Morgan fingerprint density at radius 1 is 1.00 bits per heavy atom. The van der Waals surface area contributed by atoms with E-state index in [0.717, 1.165) is 6.26 Å². The van der Waals surface area contributed by atoms with Crippen molar-refractivity contribution in [1.29, 1.82) is 0 Å². The summed E-state index contributed by atoms with van der Waals surface area (Å²) < 4.78 is 52.3. The second-order valence-electron chi connectivity index (χ2n) is 7.56. The van der Waals surface area contributed by atoms with E-state index >= 15 is 0 Å². The fourth-order valence-electron chi connectivity index (χ4n) is 3.53. The van der Waals surface area contributed by atoms with Crippen LogP contribution in [-0.2, 0) is 19.6 Å². The molecular weight excluding hydrogens is 480 g/mol. The molecule has 0 saturated heterocycles. The highest BCUT2D eigenvalue weighted by Crippen LogP contribution is 2.35. The standard InChI is InChI=1S/C23H28N2O9S/c1-30-19-13-16(23(27)32-3)17(14-20(19)31-2)24-22(26)6-5-9-25(35(4,28)29)15-7-8-18-21(12-15)34-11-10-33-18/h7-8,12-14H,5-6,9-11H2,1-4H3,(H,24,26). The Morgan fingerprint density at radius 2 is 1.66 bits per heavy atom. The molecule has 190 valence electrons. The lowest BCUT2D eigenvalue weighted by Crippen LogP contribution is -2.31. The monoisotopic (exact) mass is 508 g/mol. The summed E-state index contributed by atoms with van der Waals surface area (Å²) in [6.07, 6.45) is 1.30. The molecule has 0 radical (unpaired) electrons. The topological polar surface area (TPSA) is 130 Å². The van der Waals surface area contributed by atoms with Crippen LogP contribution >= 0.6 is 0 Å². The molecule has 2 aromatic carbocycles. The van der Waals surface area contributed by atoms with E-state index in [2.05, 4.69) is 5.32 Å². The summed E-state index contributed by atoms with van der Waals surface area (Å²) in [4.78, 5) is 24.8. The maximum atomic E-state index is 12.6. The molecule has 1 aliphatic heterocycles. The zero-order valence-electron chi connectivity index (χ0n) is 20.0. The van der Waals surface area contributed by atoms with Gasteiger partial charge < -0.3 is 29.0 Å². The number of anilines is 2. The summed E-state index contributed by atoms with van der Waals surface area (Å²) in [5.74, 6) is 0.542. The minimum absolute atomic E-state index is 0.00840. The summed E-state index contributed by atoms with van der Waals surface area (Å²) in [5, 5.41) is 2.67. The SMILES string of the molecule is COC(=O)c1cc(OC)c(OC)cc1NC(=O)CCCN(c1ccc2c(c1)OCCO2)S(C)(=O)=O. The Labute approximate surface area is 203 Å². The van der Waals surface area contributed by atoms with Gasteiger partial charge in [0.05, 0.1) is 44.5 Å². The molecule has 3 rings (SSSR count). The summed E-state index contributed by atoms with van der Waals surface area (Å²) in [5.41, 5.74) is 0.684. The first kappa shape index (κ1) is 25.9. The molecule has 0 atom stereocenters. The molecule has 0 unspecified atom stereocenters. The highest BCUT2D eigenvalue weighted by atomic mass is 32.2. The third-order valence-electron chi connectivity index (χ3n) is 5.18. The van der Waals surface area contributed by atoms with Gasteiger partial charge >= 0.3 is 5.97 Å². The number of esters is 1. The number of benzene rings is 2. The number of carbonyl (C=O) groups is 2. The number of hydrogen-bond donors (Lipinski definition) is 1. The highest BCUT2D eigenvalue weighted by Gasteiger charge is 2.22. The molecule has 0 aromatic heterocycles. The van der Waals surface area contributed by atoms with Crippen molar-refractivity contribution in [2.75, 3.05) is 57.0 Å². The Bertz CT molecular complexity index is 1200. The average molecular weight is 509 g/mol. The number of sulfonamides is 1. The number of methoxy groups -OCH3 is 3. The minimum Gasteiger partial charge on any atom is -0.493 e. The van der Waals surface area contributed by atoms with E-state index in [0.29, 0.717) is 41.9 Å². The average Bonchev–Trinajstić information content (AvgIpc) is 2.84. The van der Waals surface area contributed by atoms with Crippen LogP contribution in [0.15, 0.2) is 30.3 Å². The van der Waals surface area contributed by atoms with Crippen LogP contribution in [0.2, 0.25) is 0 Å². The van der Waals surface area contributed by atoms with Crippen molar-refractivity contribution in [2.24, 2.45) is 0 Å². The fraction of sp³-hybridized carbons (Fsp3) is 0.391. The van der Waals surface area contributed by atoms with Crippen molar-refractivity contribution in [2.45, 2.75) is 12.8 Å². The van der Waals surface area contributed by atoms with Crippen molar-refractivity contribution in [3.63, 3.8) is 0 Å². The van der Waals surface area contributed by atoms with E-state index in [-0.39, 0.29) is 30.6 Å². The molecule has 1 amide bonds. The first-order valence-electron chi connectivity index (χ1n) is 10.7. The predicted molar refractivity (Wildman–Crippen MR) is 128 cm³/mol. The van der Waals surface area contributed by atoms with Crippen molar-refractivity contribution < 1.29 is 41.7 Å². The zero-order valence-corrected chi connectivity index (χ0v) is 20.8. The third kappa shape index (κ3) is 6.27. The summed E-state index contributed by atoms with van der Waals surface area (Å²) in [6, 6.07) is 7.75. The lowest BCUT2D eigenvalue weighted by Gasteiger charge is -2.25. The van der Waals surface area contributed by atoms with Gasteiger partial charge in [0, 0.05) is 31.2 Å². The molecule has 1 aliphatic rings. The number of nitrogens with zero attached hydrogens (tertiary/aromatic N) is 1. The summed E-state index contributed by atoms with van der Waals surface area (Å²) in [6.45, 7) is 0.857. The normalized spacial score (nSPS) is 12.5. The molecule has 0 fully saturated rings. The van der Waals surface area contributed by atoms with E-state index in [9.17, 15) is 18.0 Å². The molecule has 0 spiro atoms. The highest BCUT2D eigenvalue weighted by molar-refractivity contribution is 7.92. The van der Waals surface area contributed by atoms with Crippen molar-refractivity contribution in [1.82, 2.24) is 0 Å². The molecule has 1 N–H and O–H groups in total. The number of nitrogens with one attached hydrogen (secondary N) is 1. The van der Waals surface area contributed by atoms with Crippen LogP contribution in [0.1, 0.15) is 23.2 Å². The Kier molecular flexibility index (Phi) is 8.28. The van der Waals surface area contributed by atoms with Crippen molar-refractivity contribution in [3.05, 3.63) is 35.9 Å². The smallest absolute Gasteiger partial charge is 0.340 e. The summed E-state index contributed by atoms with van der Waals surface area (Å²) in [7, 11) is 0.451. The molecule has 1 heterocycles. The largest absolute Gasteiger partial charge is 0.493 e. The van der Waals surface area contributed by atoms with Crippen LogP contribution < -0.4 is 28.6 Å². The van der Waals surface area contributed by atoms with E-state index in [1.165, 1.54) is 37.8 Å². The molecule has 35 heavy (non-hydrogen) atoms. The van der Waals surface area contributed by atoms with Crippen LogP contribution in [0.4, 0.5) is 11.4 Å². The Hall–Kier alpha value is -3.67. The summed E-state index contributed by atoms with van der Waals surface area (Å²) >= 11 is 0. The molecule has 11 nitrogen and oxygen atoms in total. The zero-order chi connectivity index (χ0) is 25.6. The Balaban J connectivity index is 1.71. The van der Waals surface area contributed by atoms with E-state index in [4.69, 9.17) is 23.7 Å². The van der Waals surface area contributed by atoms with E-state index in [1.807, 2.05) is 0 Å². The van der Waals surface area contributed by atoms with Gasteiger partial charge in [-0.2, -0.15) is 0 Å². The van der Waals surface area contributed by atoms with E-state index < -0.39 is 21.9 Å². The first-order valence-corrected chi connectivity index (χ1v) is 12.5. The number of ether oxygens (including phenoxy) is 5. The maximum Gasteiger partial charge on any atom is 0.340 e. The van der Waals surface area contributed by atoms with Crippen molar-refractivity contribution >= 4 is 33.3 Å². The van der Waals surface area contributed by atoms with Gasteiger partial charge in [-0.15, -0.1) is 0 Å². The van der Waals surface area contributed by atoms with Crippen LogP contribution in [0.25, 0.3) is 0 Å². The number of carbonyl (C=O) groups excluding carboxylic acids is 2. The lowest BCUT2D eigenvalue weighted by molar-refractivity contribution is -0.116. The first-order chi connectivity index (χ1) is 16.7. The molecule has 12 heteroatoms. The molecular formula is C23H28N2O9S. The maximum absolute atomic E-state index is 12.6. The predicted octanol–water partition coefficient (Wildman–Crippen LogP) is 2.45. The van der Waals surface area contributed by atoms with Gasteiger partial charge in [-0.05, 0) is 18.6 Å². The van der Waals surface area contributed by atoms with Crippen LogP contribution in [-0.4, -0.2) is 67.6 Å². The number of rotatable bonds is 10. The van der Waals surface area contributed by atoms with Gasteiger partial charge in [-0.25, -0.2) is 13.2 Å². The van der Waals surface area contributed by atoms with Crippen molar-refractivity contribution in [3.8, 4) is 23.0 Å². The fourth-order valence-corrected chi connectivity index (χ4v) is 4.49. The van der Waals surface area contributed by atoms with Gasteiger partial charge in [0.25, 0.3) is 0 Å². The number of amides is 1. The molecule has 0 bridgehead atoms. The number of hydrogen-bond acceptors (Lipinski definition) is 9. The van der Waals surface area contributed by atoms with Crippen LogP contribution in [0.5, 0.6) is 23.0 Å². The lowest BCUT2D eigenvalue weighted by atomic mass is 10.1. The van der Waals surface area contributed by atoms with E-state index in [1.54, 1.807) is 18.2 Å². The molecule has 0 aliphatic carbocycles. The van der Waals surface area contributed by atoms with Crippen LogP contribution in [0, 0.1) is 0 Å². The number of fused-ring (bicyclic) bond motifs is 1.